The maximum Gasteiger partial charge on any atom is 0.184 e. The SMILES string of the molecule is CCC(C)C(C(=O)c1sccc1OC)c1ccccc1. The van der Waals surface area contributed by atoms with Crippen molar-refractivity contribution < 1.29 is 9.53 Å². The van der Waals surface area contributed by atoms with Crippen LogP contribution in [-0.4, -0.2) is 12.9 Å². The monoisotopic (exact) mass is 288 g/mol. The van der Waals surface area contributed by atoms with Crippen molar-refractivity contribution in [2.24, 2.45) is 5.92 Å². The average molecular weight is 288 g/mol. The van der Waals surface area contributed by atoms with Crippen LogP contribution in [0.5, 0.6) is 5.75 Å². The zero-order chi connectivity index (χ0) is 14.5. The van der Waals surface area contributed by atoms with Gasteiger partial charge in [-0.1, -0.05) is 50.6 Å². The van der Waals surface area contributed by atoms with Crippen LogP contribution in [-0.2, 0) is 0 Å². The Kier molecular flexibility index (Phi) is 4.96. The van der Waals surface area contributed by atoms with Crippen molar-refractivity contribution in [2.75, 3.05) is 7.11 Å². The second-order valence-electron chi connectivity index (χ2n) is 4.96. The molecule has 20 heavy (non-hydrogen) atoms. The van der Waals surface area contributed by atoms with E-state index >= 15 is 0 Å². The highest BCUT2D eigenvalue weighted by molar-refractivity contribution is 7.12. The first-order valence-electron chi connectivity index (χ1n) is 6.89. The molecule has 2 aromatic rings. The minimum Gasteiger partial charge on any atom is -0.495 e. The van der Waals surface area contributed by atoms with Crippen LogP contribution in [0.2, 0.25) is 0 Å². The number of Topliss-reactive ketones (excluding diaryl/α,β-unsaturated/α-hetero) is 1. The smallest absolute Gasteiger partial charge is 0.184 e. The van der Waals surface area contributed by atoms with Gasteiger partial charge in [0.1, 0.15) is 10.6 Å². The van der Waals surface area contributed by atoms with Gasteiger partial charge < -0.3 is 4.74 Å². The van der Waals surface area contributed by atoms with Crippen molar-refractivity contribution in [3.8, 4) is 5.75 Å². The van der Waals surface area contributed by atoms with E-state index < -0.39 is 0 Å². The van der Waals surface area contributed by atoms with E-state index in [1.54, 1.807) is 7.11 Å². The average Bonchev–Trinajstić information content (AvgIpc) is 2.96. The van der Waals surface area contributed by atoms with E-state index in [0.29, 0.717) is 11.7 Å². The van der Waals surface area contributed by atoms with Crippen molar-refractivity contribution in [1.29, 1.82) is 0 Å². The maximum absolute atomic E-state index is 12.9. The van der Waals surface area contributed by atoms with Crippen molar-refractivity contribution in [2.45, 2.75) is 26.2 Å². The molecule has 2 rings (SSSR count). The minimum absolute atomic E-state index is 0.103. The van der Waals surface area contributed by atoms with Gasteiger partial charge in [-0.2, -0.15) is 0 Å². The molecule has 1 aromatic carbocycles. The molecule has 0 bridgehead atoms. The number of methoxy groups -OCH3 is 1. The summed E-state index contributed by atoms with van der Waals surface area (Å²) in [5.74, 6) is 1.05. The van der Waals surface area contributed by atoms with Crippen LogP contribution >= 0.6 is 11.3 Å². The van der Waals surface area contributed by atoms with E-state index in [1.165, 1.54) is 11.3 Å². The molecule has 2 unspecified atom stereocenters. The number of hydrogen-bond acceptors (Lipinski definition) is 3. The second kappa shape index (κ2) is 6.71. The molecule has 0 saturated carbocycles. The van der Waals surface area contributed by atoms with Crippen molar-refractivity contribution in [3.63, 3.8) is 0 Å². The minimum atomic E-state index is -0.103. The molecule has 1 aromatic heterocycles. The summed E-state index contributed by atoms with van der Waals surface area (Å²) in [7, 11) is 1.61. The van der Waals surface area contributed by atoms with E-state index in [4.69, 9.17) is 4.74 Å². The van der Waals surface area contributed by atoms with Crippen LogP contribution in [0, 0.1) is 5.92 Å². The van der Waals surface area contributed by atoms with Crippen molar-refractivity contribution in [3.05, 3.63) is 52.2 Å². The first-order chi connectivity index (χ1) is 9.69. The largest absolute Gasteiger partial charge is 0.495 e. The predicted molar refractivity (Wildman–Crippen MR) is 83.8 cm³/mol. The van der Waals surface area contributed by atoms with Crippen LogP contribution in [0.25, 0.3) is 0 Å². The predicted octanol–water partition coefficient (Wildman–Crippen LogP) is 4.77. The van der Waals surface area contributed by atoms with Gasteiger partial charge in [0, 0.05) is 0 Å². The Morgan fingerprint density at radius 2 is 1.95 bits per heavy atom. The molecule has 0 aliphatic rings. The first-order valence-corrected chi connectivity index (χ1v) is 7.77. The number of hydrogen-bond donors (Lipinski definition) is 0. The van der Waals surface area contributed by atoms with Crippen molar-refractivity contribution >= 4 is 17.1 Å². The summed E-state index contributed by atoms with van der Waals surface area (Å²) < 4.78 is 5.30. The van der Waals surface area contributed by atoms with Crippen LogP contribution in [0.3, 0.4) is 0 Å². The van der Waals surface area contributed by atoms with E-state index in [0.717, 1.165) is 16.9 Å². The Balaban J connectivity index is 2.40. The van der Waals surface area contributed by atoms with Gasteiger partial charge in [0.05, 0.1) is 13.0 Å². The summed E-state index contributed by atoms with van der Waals surface area (Å²) in [6.45, 7) is 4.26. The quantitative estimate of drug-likeness (QED) is 0.716. The fourth-order valence-electron chi connectivity index (χ4n) is 2.41. The Bertz CT molecular complexity index is 559. The third-order valence-electron chi connectivity index (χ3n) is 3.73. The molecule has 106 valence electrons. The number of benzene rings is 1. The van der Waals surface area contributed by atoms with Gasteiger partial charge in [0.2, 0.25) is 0 Å². The Labute approximate surface area is 124 Å². The summed E-state index contributed by atoms with van der Waals surface area (Å²) in [4.78, 5) is 13.6. The van der Waals surface area contributed by atoms with Gasteiger partial charge in [0.15, 0.2) is 5.78 Å². The zero-order valence-electron chi connectivity index (χ0n) is 12.1. The Morgan fingerprint density at radius 1 is 1.25 bits per heavy atom. The molecular weight excluding hydrogens is 268 g/mol. The highest BCUT2D eigenvalue weighted by Crippen LogP contribution is 2.35. The fourth-order valence-corrected chi connectivity index (χ4v) is 3.25. The van der Waals surface area contributed by atoms with Gasteiger partial charge in [0.25, 0.3) is 0 Å². The van der Waals surface area contributed by atoms with Crippen molar-refractivity contribution in [1.82, 2.24) is 0 Å². The zero-order valence-corrected chi connectivity index (χ0v) is 12.9. The van der Waals surface area contributed by atoms with Gasteiger partial charge in [-0.3, -0.25) is 4.79 Å². The lowest BCUT2D eigenvalue weighted by Crippen LogP contribution is -2.19. The molecule has 0 aliphatic heterocycles. The van der Waals surface area contributed by atoms with E-state index in [9.17, 15) is 4.79 Å². The molecule has 0 aliphatic carbocycles. The molecule has 3 heteroatoms. The second-order valence-corrected chi connectivity index (χ2v) is 5.87. The van der Waals surface area contributed by atoms with Gasteiger partial charge in [-0.15, -0.1) is 11.3 Å². The van der Waals surface area contributed by atoms with Crippen LogP contribution in [0.15, 0.2) is 41.8 Å². The van der Waals surface area contributed by atoms with E-state index in [2.05, 4.69) is 13.8 Å². The van der Waals surface area contributed by atoms with E-state index in [-0.39, 0.29) is 11.7 Å². The summed E-state index contributed by atoms with van der Waals surface area (Å²) in [6, 6.07) is 11.9. The van der Waals surface area contributed by atoms with Gasteiger partial charge >= 0.3 is 0 Å². The van der Waals surface area contributed by atoms with Crippen LogP contribution < -0.4 is 4.74 Å². The van der Waals surface area contributed by atoms with Crippen LogP contribution in [0.4, 0.5) is 0 Å². The topological polar surface area (TPSA) is 26.3 Å². The van der Waals surface area contributed by atoms with Gasteiger partial charge in [-0.25, -0.2) is 0 Å². The number of ether oxygens (including phenoxy) is 1. The summed E-state index contributed by atoms with van der Waals surface area (Å²) >= 11 is 1.46. The highest BCUT2D eigenvalue weighted by atomic mass is 32.1. The van der Waals surface area contributed by atoms with Gasteiger partial charge in [-0.05, 0) is 22.9 Å². The molecule has 0 amide bonds. The third kappa shape index (κ3) is 2.93. The molecule has 0 N–H and O–H groups in total. The molecule has 1 heterocycles. The van der Waals surface area contributed by atoms with Crippen LogP contribution in [0.1, 0.15) is 41.4 Å². The number of ketones is 1. The Hall–Kier alpha value is -1.61. The highest BCUT2D eigenvalue weighted by Gasteiger charge is 2.29. The number of carbonyl (C=O) groups is 1. The summed E-state index contributed by atoms with van der Waals surface area (Å²) in [5.41, 5.74) is 1.09. The lowest BCUT2D eigenvalue weighted by molar-refractivity contribution is 0.0933. The maximum atomic E-state index is 12.9. The molecular formula is C17H20O2S. The fraction of sp³-hybridized carbons (Fsp3) is 0.353. The molecule has 0 spiro atoms. The standard InChI is InChI=1S/C17H20O2S/c1-4-12(2)15(13-8-6-5-7-9-13)16(18)17-14(19-3)10-11-20-17/h5-12,15H,4H2,1-3H3. The normalized spacial score (nSPS) is 13.8. The first kappa shape index (κ1) is 14.8. The lowest BCUT2D eigenvalue weighted by atomic mass is 9.82. The molecule has 2 atom stereocenters. The summed E-state index contributed by atoms with van der Waals surface area (Å²) in [5, 5.41) is 1.91. The number of rotatable bonds is 6. The lowest BCUT2D eigenvalue weighted by Gasteiger charge is -2.22. The third-order valence-corrected chi connectivity index (χ3v) is 4.64. The number of thiophene rings is 1. The summed E-state index contributed by atoms with van der Waals surface area (Å²) in [6.07, 6.45) is 0.971. The Morgan fingerprint density at radius 3 is 2.55 bits per heavy atom. The molecule has 0 saturated heterocycles. The van der Waals surface area contributed by atoms with E-state index in [1.807, 2.05) is 41.8 Å². The molecule has 0 radical (unpaired) electrons. The number of carbonyl (C=O) groups excluding carboxylic acids is 1. The molecule has 0 fully saturated rings. The molecule has 2 nitrogen and oxygen atoms in total.